The molecule has 2 atom stereocenters. The van der Waals surface area contributed by atoms with Gasteiger partial charge < -0.3 is 33.5 Å². The zero-order chi connectivity index (χ0) is 25.2. The second-order valence-electron chi connectivity index (χ2n) is 9.17. The van der Waals surface area contributed by atoms with Crippen molar-refractivity contribution >= 4 is 5.97 Å². The van der Waals surface area contributed by atoms with E-state index in [9.17, 15) is 9.90 Å². The third-order valence-corrected chi connectivity index (χ3v) is 6.06. The van der Waals surface area contributed by atoms with Crippen molar-refractivity contribution < 1.29 is 38.3 Å². The molecule has 0 saturated carbocycles. The van der Waals surface area contributed by atoms with Crippen molar-refractivity contribution in [3.05, 3.63) is 0 Å². The summed E-state index contributed by atoms with van der Waals surface area (Å²) in [6, 6.07) is 0. The summed E-state index contributed by atoms with van der Waals surface area (Å²) < 4.78 is 33.0. The maximum absolute atomic E-state index is 11.4. The molecule has 1 fully saturated rings. The molecule has 1 saturated heterocycles. The average molecular weight is 505 g/mol. The zero-order valence-corrected chi connectivity index (χ0v) is 22.2. The van der Waals surface area contributed by atoms with Crippen molar-refractivity contribution in [3.63, 3.8) is 0 Å². The molecule has 0 amide bonds. The Morgan fingerprint density at radius 3 is 1.86 bits per heavy atom. The fourth-order valence-corrected chi connectivity index (χ4v) is 3.97. The van der Waals surface area contributed by atoms with Crippen molar-refractivity contribution in [1.82, 2.24) is 0 Å². The molecule has 0 aromatic rings. The highest BCUT2D eigenvalue weighted by atomic mass is 16.7. The lowest BCUT2D eigenvalue weighted by atomic mass is 10.0. The van der Waals surface area contributed by atoms with E-state index >= 15 is 0 Å². The molecule has 1 heterocycles. The van der Waals surface area contributed by atoms with Gasteiger partial charge in [-0.05, 0) is 25.7 Å². The number of carbonyl (C=O) groups is 1. The second-order valence-corrected chi connectivity index (χ2v) is 9.17. The van der Waals surface area contributed by atoms with Gasteiger partial charge in [0, 0.05) is 6.61 Å². The van der Waals surface area contributed by atoms with Crippen LogP contribution in [-0.4, -0.2) is 82.9 Å². The van der Waals surface area contributed by atoms with E-state index in [1.54, 1.807) is 0 Å². The summed E-state index contributed by atoms with van der Waals surface area (Å²) in [5, 5.41) is 9.35. The van der Waals surface area contributed by atoms with Gasteiger partial charge in [-0.2, -0.15) is 0 Å². The quantitative estimate of drug-likeness (QED) is 0.157. The molecule has 35 heavy (non-hydrogen) atoms. The highest BCUT2D eigenvalue weighted by Gasteiger charge is 2.17. The first-order valence-corrected chi connectivity index (χ1v) is 14.0. The minimum atomic E-state index is -0.888. The smallest absolute Gasteiger partial charge is 0.332 e. The molecule has 208 valence electrons. The van der Waals surface area contributed by atoms with Gasteiger partial charge in [-0.1, -0.05) is 71.1 Å². The molecule has 0 spiro atoms. The van der Waals surface area contributed by atoms with Crippen LogP contribution in [0.1, 0.15) is 96.8 Å². The molecule has 1 aliphatic rings. The van der Waals surface area contributed by atoms with Crippen molar-refractivity contribution in [1.29, 1.82) is 0 Å². The lowest BCUT2D eigenvalue weighted by Gasteiger charge is -2.22. The van der Waals surface area contributed by atoms with E-state index in [4.69, 9.17) is 28.4 Å². The lowest BCUT2D eigenvalue weighted by molar-refractivity contribution is -0.169. The van der Waals surface area contributed by atoms with Crippen LogP contribution in [0.3, 0.4) is 0 Å². The van der Waals surface area contributed by atoms with Crippen LogP contribution in [0, 0.1) is 0 Å². The second kappa shape index (κ2) is 24.9. The van der Waals surface area contributed by atoms with Gasteiger partial charge in [-0.15, -0.1) is 0 Å². The largest absolute Gasteiger partial charge is 0.479 e. The fourth-order valence-electron chi connectivity index (χ4n) is 3.97. The molecule has 1 rings (SSSR count). The average Bonchev–Trinajstić information content (AvgIpc) is 2.87. The van der Waals surface area contributed by atoms with Gasteiger partial charge >= 0.3 is 5.97 Å². The summed E-state index contributed by atoms with van der Waals surface area (Å²) in [7, 11) is 0. The normalized spacial score (nSPS) is 17.0. The SMILES string of the molecule is CCCCCCCCCCCCC(OCCOCCOCCOCCOC1CCCCO1)C(=O)O. The van der Waals surface area contributed by atoms with Crippen molar-refractivity contribution in [2.24, 2.45) is 0 Å². The Bertz CT molecular complexity index is 456. The molecule has 0 aromatic heterocycles. The first kappa shape index (κ1) is 32.3. The summed E-state index contributed by atoms with van der Waals surface area (Å²) >= 11 is 0. The van der Waals surface area contributed by atoms with Gasteiger partial charge in [0.05, 0.1) is 52.9 Å². The third-order valence-electron chi connectivity index (χ3n) is 6.06. The summed E-state index contributed by atoms with van der Waals surface area (Å²) in [4.78, 5) is 11.4. The van der Waals surface area contributed by atoms with Gasteiger partial charge in [-0.25, -0.2) is 4.79 Å². The number of hydrogen-bond acceptors (Lipinski definition) is 7. The first-order chi connectivity index (χ1) is 17.2. The Hall–Kier alpha value is -0.770. The predicted molar refractivity (Wildman–Crippen MR) is 136 cm³/mol. The van der Waals surface area contributed by atoms with E-state index < -0.39 is 12.1 Å². The number of carboxylic acid groups (broad SMARTS) is 1. The molecular formula is C27H52O8. The molecule has 8 heteroatoms. The van der Waals surface area contributed by atoms with E-state index in [0.717, 1.165) is 38.7 Å². The molecule has 0 aromatic carbocycles. The Labute approximate surface area is 213 Å². The Balaban J connectivity index is 1.82. The fraction of sp³-hybridized carbons (Fsp3) is 0.963. The summed E-state index contributed by atoms with van der Waals surface area (Å²) in [5.74, 6) is -0.888. The molecule has 1 aliphatic heterocycles. The maximum atomic E-state index is 11.4. The van der Waals surface area contributed by atoms with E-state index in [1.807, 2.05) is 0 Å². The monoisotopic (exact) mass is 504 g/mol. The van der Waals surface area contributed by atoms with E-state index in [-0.39, 0.29) is 12.9 Å². The van der Waals surface area contributed by atoms with Gasteiger partial charge in [-0.3, -0.25) is 0 Å². The van der Waals surface area contributed by atoms with E-state index in [1.165, 1.54) is 51.4 Å². The van der Waals surface area contributed by atoms with Crippen LogP contribution in [0.4, 0.5) is 0 Å². The highest BCUT2D eigenvalue weighted by molar-refractivity contribution is 5.72. The first-order valence-electron chi connectivity index (χ1n) is 14.0. The van der Waals surface area contributed by atoms with E-state index in [0.29, 0.717) is 52.7 Å². The summed E-state index contributed by atoms with van der Waals surface area (Å²) in [6.45, 7) is 6.65. The Morgan fingerprint density at radius 1 is 0.771 bits per heavy atom. The minimum Gasteiger partial charge on any atom is -0.479 e. The predicted octanol–water partition coefficient (Wildman–Crippen LogP) is 5.36. The van der Waals surface area contributed by atoms with E-state index in [2.05, 4.69) is 6.92 Å². The number of unbranched alkanes of at least 4 members (excludes halogenated alkanes) is 9. The maximum Gasteiger partial charge on any atom is 0.332 e. The number of hydrogen-bond donors (Lipinski definition) is 1. The van der Waals surface area contributed by atoms with Crippen LogP contribution in [0.5, 0.6) is 0 Å². The van der Waals surface area contributed by atoms with Crippen LogP contribution in [0.15, 0.2) is 0 Å². The number of aliphatic carboxylic acids is 1. The molecular weight excluding hydrogens is 452 g/mol. The Morgan fingerprint density at radius 2 is 1.31 bits per heavy atom. The minimum absolute atomic E-state index is 0.0739. The van der Waals surface area contributed by atoms with Crippen molar-refractivity contribution in [2.75, 3.05) is 59.5 Å². The standard InChI is InChI=1S/C27H52O8/c1-2-3-4-5-6-7-8-9-10-11-14-25(27(28)29)33-23-21-31-19-17-30-18-20-32-22-24-35-26-15-12-13-16-34-26/h25-26H,2-24H2,1H3,(H,28,29). The highest BCUT2D eigenvalue weighted by Crippen LogP contribution is 2.14. The third kappa shape index (κ3) is 21.1. The Kier molecular flexibility index (Phi) is 23.0. The van der Waals surface area contributed by atoms with Crippen LogP contribution >= 0.6 is 0 Å². The van der Waals surface area contributed by atoms with Gasteiger partial charge in [0.15, 0.2) is 12.4 Å². The molecule has 0 bridgehead atoms. The summed E-state index contributed by atoms with van der Waals surface area (Å²) in [6.07, 6.45) is 15.3. The van der Waals surface area contributed by atoms with Gasteiger partial charge in [0.2, 0.25) is 0 Å². The van der Waals surface area contributed by atoms with Crippen LogP contribution < -0.4 is 0 Å². The molecule has 1 N–H and O–H groups in total. The lowest BCUT2D eigenvalue weighted by Crippen LogP contribution is -2.25. The molecule has 8 nitrogen and oxygen atoms in total. The van der Waals surface area contributed by atoms with Crippen LogP contribution in [0.25, 0.3) is 0 Å². The van der Waals surface area contributed by atoms with Crippen LogP contribution in [-0.2, 0) is 33.2 Å². The molecule has 0 aliphatic carbocycles. The zero-order valence-electron chi connectivity index (χ0n) is 22.2. The topological polar surface area (TPSA) is 92.7 Å². The van der Waals surface area contributed by atoms with Crippen LogP contribution in [0.2, 0.25) is 0 Å². The number of rotatable bonds is 26. The molecule has 2 unspecified atom stereocenters. The van der Waals surface area contributed by atoms with Gasteiger partial charge in [0.25, 0.3) is 0 Å². The summed E-state index contributed by atoms with van der Waals surface area (Å²) in [5.41, 5.74) is 0. The van der Waals surface area contributed by atoms with Crippen molar-refractivity contribution in [3.8, 4) is 0 Å². The number of ether oxygens (including phenoxy) is 6. The van der Waals surface area contributed by atoms with Gasteiger partial charge in [0.1, 0.15) is 0 Å². The number of carboxylic acids is 1. The molecule has 0 radical (unpaired) electrons. The van der Waals surface area contributed by atoms with Crippen molar-refractivity contribution in [2.45, 2.75) is 109 Å².